The van der Waals surface area contributed by atoms with E-state index in [0.29, 0.717) is 5.69 Å². The normalized spacial score (nSPS) is 18.7. The lowest BCUT2D eigenvalue weighted by molar-refractivity contribution is -0.128. The molecule has 1 aromatic carbocycles. The molecule has 0 radical (unpaired) electrons. The highest BCUT2D eigenvalue weighted by Gasteiger charge is 2.29. The molecular formula is C17H25N3O3. The second-order valence-electron chi connectivity index (χ2n) is 6.22. The first kappa shape index (κ1) is 17.4. The molecule has 2 rings (SSSR count). The SMILES string of the molecule is CC(C)[C@H](NC(=O)[C@@H]1CCCN1)C(=O)Nc1ccc(CO)cc1. The molecule has 0 bridgehead atoms. The third kappa shape index (κ3) is 4.77. The number of hydrogen-bond donors (Lipinski definition) is 4. The summed E-state index contributed by atoms with van der Waals surface area (Å²) in [4.78, 5) is 24.7. The van der Waals surface area contributed by atoms with E-state index in [-0.39, 0.29) is 30.4 Å². The Hall–Kier alpha value is -1.92. The lowest BCUT2D eigenvalue weighted by Crippen LogP contribution is -2.52. The zero-order valence-electron chi connectivity index (χ0n) is 13.6. The van der Waals surface area contributed by atoms with E-state index in [0.717, 1.165) is 24.9 Å². The number of amides is 2. The average molecular weight is 319 g/mol. The highest BCUT2D eigenvalue weighted by atomic mass is 16.3. The zero-order valence-corrected chi connectivity index (χ0v) is 13.6. The van der Waals surface area contributed by atoms with Crippen LogP contribution in [0.25, 0.3) is 0 Å². The number of aliphatic hydroxyl groups excluding tert-OH is 1. The summed E-state index contributed by atoms with van der Waals surface area (Å²) < 4.78 is 0. The Morgan fingerprint density at radius 1 is 1.30 bits per heavy atom. The maximum absolute atomic E-state index is 12.5. The number of hydrogen-bond acceptors (Lipinski definition) is 4. The molecular weight excluding hydrogens is 294 g/mol. The van der Waals surface area contributed by atoms with Gasteiger partial charge in [-0.3, -0.25) is 9.59 Å². The van der Waals surface area contributed by atoms with Gasteiger partial charge in [0.1, 0.15) is 6.04 Å². The Balaban J connectivity index is 1.98. The van der Waals surface area contributed by atoms with Crippen LogP contribution < -0.4 is 16.0 Å². The molecule has 1 heterocycles. The quantitative estimate of drug-likeness (QED) is 0.630. The minimum Gasteiger partial charge on any atom is -0.392 e. The standard InChI is InChI=1S/C17H25N3O3/c1-11(2)15(20-16(22)14-4-3-9-18-14)17(23)19-13-7-5-12(10-21)6-8-13/h5-8,11,14-15,18,21H,3-4,9-10H2,1-2H3,(H,19,23)(H,20,22)/t14-,15-/m0/s1. The number of benzene rings is 1. The second-order valence-corrected chi connectivity index (χ2v) is 6.22. The van der Waals surface area contributed by atoms with Crippen molar-refractivity contribution in [3.63, 3.8) is 0 Å². The third-order valence-electron chi connectivity index (χ3n) is 4.03. The summed E-state index contributed by atoms with van der Waals surface area (Å²) in [6.07, 6.45) is 1.79. The molecule has 1 aliphatic rings. The molecule has 0 aliphatic carbocycles. The topological polar surface area (TPSA) is 90.5 Å². The first-order valence-electron chi connectivity index (χ1n) is 8.05. The van der Waals surface area contributed by atoms with Crippen molar-refractivity contribution in [3.05, 3.63) is 29.8 Å². The van der Waals surface area contributed by atoms with Crippen molar-refractivity contribution in [1.29, 1.82) is 0 Å². The number of aliphatic hydroxyl groups is 1. The third-order valence-corrected chi connectivity index (χ3v) is 4.03. The molecule has 1 fully saturated rings. The van der Waals surface area contributed by atoms with Crippen LogP contribution in [0.4, 0.5) is 5.69 Å². The summed E-state index contributed by atoms with van der Waals surface area (Å²) in [5.41, 5.74) is 1.43. The van der Waals surface area contributed by atoms with Gasteiger partial charge in [0.2, 0.25) is 11.8 Å². The van der Waals surface area contributed by atoms with E-state index in [1.54, 1.807) is 24.3 Å². The van der Waals surface area contributed by atoms with Crippen LogP contribution >= 0.6 is 0 Å². The highest BCUT2D eigenvalue weighted by Crippen LogP contribution is 2.13. The fraction of sp³-hybridized carbons (Fsp3) is 0.529. The summed E-state index contributed by atoms with van der Waals surface area (Å²) in [5.74, 6) is -0.368. The van der Waals surface area contributed by atoms with Crippen LogP contribution in [0.5, 0.6) is 0 Å². The summed E-state index contributed by atoms with van der Waals surface area (Å²) in [5, 5.41) is 17.8. The molecule has 6 heteroatoms. The summed E-state index contributed by atoms with van der Waals surface area (Å²) >= 11 is 0. The summed E-state index contributed by atoms with van der Waals surface area (Å²) in [6.45, 7) is 4.62. The molecule has 1 aromatic rings. The average Bonchev–Trinajstić information content (AvgIpc) is 3.07. The maximum atomic E-state index is 12.5. The first-order valence-corrected chi connectivity index (χ1v) is 8.05. The molecule has 2 atom stereocenters. The monoisotopic (exact) mass is 319 g/mol. The maximum Gasteiger partial charge on any atom is 0.247 e. The van der Waals surface area contributed by atoms with E-state index in [2.05, 4.69) is 16.0 Å². The molecule has 0 unspecified atom stereocenters. The van der Waals surface area contributed by atoms with Crippen LogP contribution in [0.1, 0.15) is 32.3 Å². The van der Waals surface area contributed by atoms with Crippen molar-refractivity contribution >= 4 is 17.5 Å². The van der Waals surface area contributed by atoms with Gasteiger partial charge in [0, 0.05) is 5.69 Å². The predicted molar refractivity (Wildman–Crippen MR) is 88.8 cm³/mol. The van der Waals surface area contributed by atoms with Crippen LogP contribution in [0.2, 0.25) is 0 Å². The molecule has 4 N–H and O–H groups in total. The van der Waals surface area contributed by atoms with Crippen LogP contribution in [0, 0.1) is 5.92 Å². The first-order chi connectivity index (χ1) is 11.0. The number of anilines is 1. The van der Waals surface area contributed by atoms with Crippen LogP contribution in [0.15, 0.2) is 24.3 Å². The predicted octanol–water partition coefficient (Wildman–Crippen LogP) is 1.01. The van der Waals surface area contributed by atoms with Crippen LogP contribution in [-0.4, -0.2) is 35.5 Å². The lowest BCUT2D eigenvalue weighted by atomic mass is 10.0. The summed E-state index contributed by atoms with van der Waals surface area (Å²) in [7, 11) is 0. The zero-order chi connectivity index (χ0) is 16.8. The van der Waals surface area contributed by atoms with Crippen LogP contribution in [-0.2, 0) is 16.2 Å². The number of carbonyl (C=O) groups excluding carboxylic acids is 2. The Morgan fingerprint density at radius 2 is 2.00 bits per heavy atom. The van der Waals surface area contributed by atoms with E-state index in [1.165, 1.54) is 0 Å². The second kappa shape index (κ2) is 8.08. The van der Waals surface area contributed by atoms with Crippen molar-refractivity contribution in [2.75, 3.05) is 11.9 Å². The van der Waals surface area contributed by atoms with E-state index in [9.17, 15) is 9.59 Å². The van der Waals surface area contributed by atoms with Crippen molar-refractivity contribution < 1.29 is 14.7 Å². The molecule has 1 saturated heterocycles. The van der Waals surface area contributed by atoms with E-state index in [1.807, 2.05) is 13.8 Å². The van der Waals surface area contributed by atoms with Gasteiger partial charge in [-0.25, -0.2) is 0 Å². The molecule has 23 heavy (non-hydrogen) atoms. The van der Waals surface area contributed by atoms with Crippen molar-refractivity contribution in [3.8, 4) is 0 Å². The van der Waals surface area contributed by atoms with Gasteiger partial charge in [-0.1, -0.05) is 26.0 Å². The van der Waals surface area contributed by atoms with E-state index < -0.39 is 6.04 Å². The Morgan fingerprint density at radius 3 is 2.52 bits per heavy atom. The largest absolute Gasteiger partial charge is 0.392 e. The smallest absolute Gasteiger partial charge is 0.247 e. The van der Waals surface area contributed by atoms with Crippen LogP contribution in [0.3, 0.4) is 0 Å². The minimum atomic E-state index is -0.581. The van der Waals surface area contributed by atoms with Gasteiger partial charge in [0.25, 0.3) is 0 Å². The van der Waals surface area contributed by atoms with E-state index in [4.69, 9.17) is 5.11 Å². The summed E-state index contributed by atoms with van der Waals surface area (Å²) in [6, 6.07) is 6.19. The highest BCUT2D eigenvalue weighted by molar-refractivity contribution is 5.98. The number of rotatable bonds is 6. The molecule has 2 amide bonds. The number of carbonyl (C=O) groups is 2. The van der Waals surface area contributed by atoms with Crippen molar-refractivity contribution in [1.82, 2.24) is 10.6 Å². The van der Waals surface area contributed by atoms with Gasteiger partial charge >= 0.3 is 0 Å². The molecule has 1 aliphatic heterocycles. The Labute approximate surface area is 136 Å². The van der Waals surface area contributed by atoms with E-state index >= 15 is 0 Å². The fourth-order valence-corrected chi connectivity index (χ4v) is 2.61. The lowest BCUT2D eigenvalue weighted by Gasteiger charge is -2.23. The molecule has 0 aromatic heterocycles. The molecule has 126 valence electrons. The van der Waals surface area contributed by atoms with Crippen molar-refractivity contribution in [2.24, 2.45) is 5.92 Å². The molecule has 6 nitrogen and oxygen atoms in total. The van der Waals surface area contributed by atoms with Gasteiger partial charge in [-0.2, -0.15) is 0 Å². The Kier molecular flexibility index (Phi) is 6.12. The Bertz CT molecular complexity index is 537. The minimum absolute atomic E-state index is 0.0166. The van der Waals surface area contributed by atoms with Gasteiger partial charge < -0.3 is 21.1 Å². The fourth-order valence-electron chi connectivity index (χ4n) is 2.61. The van der Waals surface area contributed by atoms with Gasteiger partial charge in [-0.05, 0) is 43.0 Å². The van der Waals surface area contributed by atoms with Gasteiger partial charge in [-0.15, -0.1) is 0 Å². The molecule has 0 spiro atoms. The van der Waals surface area contributed by atoms with Gasteiger partial charge in [0.05, 0.1) is 12.6 Å². The van der Waals surface area contributed by atoms with Crippen molar-refractivity contribution in [2.45, 2.75) is 45.4 Å². The molecule has 0 saturated carbocycles. The van der Waals surface area contributed by atoms with Gasteiger partial charge in [0.15, 0.2) is 0 Å². The number of nitrogens with one attached hydrogen (secondary N) is 3.